The summed E-state index contributed by atoms with van der Waals surface area (Å²) in [5.41, 5.74) is 7.02. The molecule has 15 heavy (non-hydrogen) atoms. The largest absolute Gasteiger partial charge is 0.327 e. The Morgan fingerprint density at radius 1 is 1.40 bits per heavy atom. The molecule has 0 heterocycles. The van der Waals surface area contributed by atoms with Crippen LogP contribution in [0.15, 0.2) is 24.3 Å². The maximum absolute atomic E-state index is 12.9. The van der Waals surface area contributed by atoms with Gasteiger partial charge in [-0.05, 0) is 42.9 Å². The lowest BCUT2D eigenvalue weighted by atomic mass is 10.0. The minimum atomic E-state index is -0.165. The number of hydrogen-bond acceptors (Lipinski definition) is 1. The van der Waals surface area contributed by atoms with E-state index in [0.29, 0.717) is 0 Å². The molecule has 2 N–H and O–H groups in total. The molecule has 1 aliphatic rings. The molecule has 2 heteroatoms. The SMILES string of the molecule is NC(CCC1CC1)Cc1cccc(F)c1. The first-order chi connectivity index (χ1) is 7.24. The monoisotopic (exact) mass is 207 g/mol. The van der Waals surface area contributed by atoms with Crippen LogP contribution in [0.2, 0.25) is 0 Å². The van der Waals surface area contributed by atoms with Crippen LogP contribution in [0.5, 0.6) is 0 Å². The first kappa shape index (κ1) is 10.6. The topological polar surface area (TPSA) is 26.0 Å². The summed E-state index contributed by atoms with van der Waals surface area (Å²) < 4.78 is 12.9. The number of hydrogen-bond donors (Lipinski definition) is 1. The Morgan fingerprint density at radius 2 is 2.20 bits per heavy atom. The first-order valence-electron chi connectivity index (χ1n) is 5.74. The second-order valence-corrected chi connectivity index (χ2v) is 4.61. The molecule has 0 radical (unpaired) electrons. The number of benzene rings is 1. The minimum Gasteiger partial charge on any atom is -0.327 e. The molecule has 0 saturated heterocycles. The lowest BCUT2D eigenvalue weighted by Gasteiger charge is -2.11. The fourth-order valence-corrected chi connectivity index (χ4v) is 1.93. The highest BCUT2D eigenvalue weighted by molar-refractivity contribution is 5.17. The van der Waals surface area contributed by atoms with Gasteiger partial charge in [-0.1, -0.05) is 25.0 Å². The van der Waals surface area contributed by atoms with Crippen LogP contribution in [0.4, 0.5) is 4.39 Å². The van der Waals surface area contributed by atoms with Gasteiger partial charge in [0.1, 0.15) is 5.82 Å². The smallest absolute Gasteiger partial charge is 0.123 e. The third-order valence-corrected chi connectivity index (χ3v) is 3.03. The average Bonchev–Trinajstić information content (AvgIpc) is 2.98. The Hall–Kier alpha value is -0.890. The van der Waals surface area contributed by atoms with E-state index in [2.05, 4.69) is 0 Å². The van der Waals surface area contributed by atoms with Gasteiger partial charge in [0.15, 0.2) is 0 Å². The quantitative estimate of drug-likeness (QED) is 0.789. The van der Waals surface area contributed by atoms with Crippen LogP contribution in [-0.4, -0.2) is 6.04 Å². The molecule has 0 aliphatic heterocycles. The van der Waals surface area contributed by atoms with Crippen molar-refractivity contribution in [3.8, 4) is 0 Å². The zero-order chi connectivity index (χ0) is 10.7. The van der Waals surface area contributed by atoms with Gasteiger partial charge in [0.25, 0.3) is 0 Å². The highest BCUT2D eigenvalue weighted by Gasteiger charge is 2.21. The molecule has 1 atom stereocenters. The van der Waals surface area contributed by atoms with Crippen LogP contribution in [-0.2, 0) is 6.42 Å². The molecule has 0 amide bonds. The summed E-state index contributed by atoms with van der Waals surface area (Å²) >= 11 is 0. The van der Waals surface area contributed by atoms with Crippen LogP contribution in [0, 0.1) is 11.7 Å². The summed E-state index contributed by atoms with van der Waals surface area (Å²) in [5.74, 6) is 0.769. The molecule has 1 fully saturated rings. The average molecular weight is 207 g/mol. The molecule has 0 aromatic heterocycles. The van der Waals surface area contributed by atoms with Gasteiger partial charge < -0.3 is 5.73 Å². The van der Waals surface area contributed by atoms with Gasteiger partial charge in [-0.2, -0.15) is 0 Å². The van der Waals surface area contributed by atoms with E-state index in [1.165, 1.54) is 25.3 Å². The summed E-state index contributed by atoms with van der Waals surface area (Å²) in [6.07, 6.45) is 5.88. The molecule has 1 aromatic carbocycles. The Labute approximate surface area is 90.5 Å². The molecular formula is C13H18FN. The normalized spacial score (nSPS) is 17.7. The van der Waals surface area contributed by atoms with Crippen molar-refractivity contribution in [2.75, 3.05) is 0 Å². The van der Waals surface area contributed by atoms with Crippen molar-refractivity contribution in [3.63, 3.8) is 0 Å². The van der Waals surface area contributed by atoms with E-state index >= 15 is 0 Å². The van der Waals surface area contributed by atoms with Crippen molar-refractivity contribution in [1.29, 1.82) is 0 Å². The highest BCUT2D eigenvalue weighted by atomic mass is 19.1. The molecule has 1 nitrogen and oxygen atoms in total. The van der Waals surface area contributed by atoms with Crippen molar-refractivity contribution < 1.29 is 4.39 Å². The van der Waals surface area contributed by atoms with E-state index in [9.17, 15) is 4.39 Å². The summed E-state index contributed by atoms with van der Waals surface area (Å²) in [6.45, 7) is 0. The van der Waals surface area contributed by atoms with Gasteiger partial charge in [0, 0.05) is 6.04 Å². The zero-order valence-electron chi connectivity index (χ0n) is 8.95. The van der Waals surface area contributed by atoms with E-state index in [1.807, 2.05) is 6.07 Å². The van der Waals surface area contributed by atoms with E-state index in [0.717, 1.165) is 24.3 Å². The molecule has 0 bridgehead atoms. The number of nitrogens with two attached hydrogens (primary N) is 1. The van der Waals surface area contributed by atoms with E-state index in [-0.39, 0.29) is 11.9 Å². The summed E-state index contributed by atoms with van der Waals surface area (Å²) in [4.78, 5) is 0. The van der Waals surface area contributed by atoms with Crippen LogP contribution in [0.25, 0.3) is 0 Å². The maximum atomic E-state index is 12.9. The van der Waals surface area contributed by atoms with Gasteiger partial charge in [-0.15, -0.1) is 0 Å². The van der Waals surface area contributed by atoms with E-state index < -0.39 is 0 Å². The molecule has 1 saturated carbocycles. The predicted molar refractivity (Wildman–Crippen MR) is 60.0 cm³/mol. The lowest BCUT2D eigenvalue weighted by Crippen LogP contribution is -2.22. The number of rotatable bonds is 5. The van der Waals surface area contributed by atoms with E-state index in [1.54, 1.807) is 12.1 Å². The third-order valence-electron chi connectivity index (χ3n) is 3.03. The third kappa shape index (κ3) is 3.63. The molecule has 0 spiro atoms. The van der Waals surface area contributed by atoms with Gasteiger partial charge >= 0.3 is 0 Å². The Balaban J connectivity index is 1.79. The Morgan fingerprint density at radius 3 is 2.87 bits per heavy atom. The first-order valence-corrected chi connectivity index (χ1v) is 5.74. The Kier molecular flexibility index (Phi) is 3.37. The standard InChI is InChI=1S/C13H18FN/c14-12-3-1-2-11(8-12)9-13(15)7-6-10-4-5-10/h1-3,8,10,13H,4-7,9,15H2. The molecule has 1 aliphatic carbocycles. The van der Waals surface area contributed by atoms with Crippen LogP contribution in [0.1, 0.15) is 31.2 Å². The molecule has 2 rings (SSSR count). The maximum Gasteiger partial charge on any atom is 0.123 e. The molecule has 1 aromatic rings. The lowest BCUT2D eigenvalue weighted by molar-refractivity contribution is 0.549. The highest BCUT2D eigenvalue weighted by Crippen LogP contribution is 2.33. The van der Waals surface area contributed by atoms with Crippen molar-refractivity contribution in [3.05, 3.63) is 35.6 Å². The van der Waals surface area contributed by atoms with Gasteiger partial charge in [-0.25, -0.2) is 4.39 Å². The van der Waals surface area contributed by atoms with Crippen molar-refractivity contribution in [1.82, 2.24) is 0 Å². The predicted octanol–water partition coefficient (Wildman–Crippen LogP) is 2.89. The fourth-order valence-electron chi connectivity index (χ4n) is 1.93. The van der Waals surface area contributed by atoms with Gasteiger partial charge in [0.05, 0.1) is 0 Å². The molecular weight excluding hydrogens is 189 g/mol. The van der Waals surface area contributed by atoms with Crippen LogP contribution in [0.3, 0.4) is 0 Å². The van der Waals surface area contributed by atoms with Crippen LogP contribution < -0.4 is 5.73 Å². The molecule has 1 unspecified atom stereocenters. The zero-order valence-corrected chi connectivity index (χ0v) is 8.95. The van der Waals surface area contributed by atoms with Crippen LogP contribution >= 0.6 is 0 Å². The van der Waals surface area contributed by atoms with Crippen molar-refractivity contribution >= 4 is 0 Å². The Bertz CT molecular complexity index is 320. The summed E-state index contributed by atoms with van der Waals surface area (Å²) in [6, 6.07) is 6.93. The van der Waals surface area contributed by atoms with Crippen molar-refractivity contribution in [2.45, 2.75) is 38.1 Å². The van der Waals surface area contributed by atoms with Gasteiger partial charge in [-0.3, -0.25) is 0 Å². The fraction of sp³-hybridized carbons (Fsp3) is 0.538. The molecule has 82 valence electrons. The van der Waals surface area contributed by atoms with Crippen molar-refractivity contribution in [2.24, 2.45) is 11.7 Å². The summed E-state index contributed by atoms with van der Waals surface area (Å²) in [7, 11) is 0. The summed E-state index contributed by atoms with van der Waals surface area (Å²) in [5, 5.41) is 0. The van der Waals surface area contributed by atoms with E-state index in [4.69, 9.17) is 5.73 Å². The second-order valence-electron chi connectivity index (χ2n) is 4.61. The van der Waals surface area contributed by atoms with Gasteiger partial charge in [0.2, 0.25) is 0 Å². The second kappa shape index (κ2) is 4.75. The number of halogens is 1. The minimum absolute atomic E-state index is 0.165.